The van der Waals surface area contributed by atoms with E-state index in [-0.39, 0.29) is 0 Å². The lowest BCUT2D eigenvalue weighted by molar-refractivity contribution is 0.841. The van der Waals surface area contributed by atoms with Crippen LogP contribution in [0.15, 0.2) is 77.2 Å². The van der Waals surface area contributed by atoms with Crippen molar-refractivity contribution in [3.63, 3.8) is 0 Å². The fraction of sp³-hybridized carbons (Fsp3) is 0.238. The molecule has 0 heterocycles. The van der Waals surface area contributed by atoms with Gasteiger partial charge in [-0.05, 0) is 62.4 Å². The Labute approximate surface area is 144 Å². The van der Waals surface area contributed by atoms with Crippen LogP contribution in [-0.2, 0) is 6.42 Å². The molecule has 0 aliphatic heterocycles. The van der Waals surface area contributed by atoms with Crippen LogP contribution in [0.2, 0.25) is 0 Å². The molecule has 2 rings (SSSR count). The monoisotopic (exact) mass is 323 g/mol. The summed E-state index contributed by atoms with van der Waals surface area (Å²) in [6.07, 6.45) is 5.32. The second-order valence-corrected chi connectivity index (χ2v) is 6.87. The maximum atomic E-state index is 3.94. The van der Waals surface area contributed by atoms with E-state index in [4.69, 9.17) is 0 Å². The molecule has 23 heavy (non-hydrogen) atoms. The quantitative estimate of drug-likeness (QED) is 0.434. The molecule has 0 fully saturated rings. The molecule has 2 aromatic rings. The number of nitrogens with one attached hydrogen (secondary N) is 1. The number of hydrogen-bond donors (Lipinski definition) is 1. The molecule has 0 amide bonds. The van der Waals surface area contributed by atoms with E-state index in [9.17, 15) is 0 Å². The molecule has 1 nitrogen and oxygen atoms in total. The Hall–Kier alpha value is -1.93. The Bertz CT molecular complexity index is 688. The molecule has 0 aliphatic carbocycles. The molecule has 0 aliphatic rings. The fourth-order valence-corrected chi connectivity index (χ4v) is 3.42. The van der Waals surface area contributed by atoms with E-state index < -0.39 is 0 Å². The van der Waals surface area contributed by atoms with Gasteiger partial charge in [0.2, 0.25) is 0 Å². The fourth-order valence-electron chi connectivity index (χ4n) is 2.37. The molecular formula is C21H25NS. The summed E-state index contributed by atoms with van der Waals surface area (Å²) >= 11 is 1.81. The van der Waals surface area contributed by atoms with Crippen LogP contribution in [0.1, 0.15) is 30.9 Å². The zero-order chi connectivity index (χ0) is 16.7. The highest BCUT2D eigenvalue weighted by Gasteiger charge is 2.07. The Kier molecular flexibility index (Phi) is 6.54. The van der Waals surface area contributed by atoms with Gasteiger partial charge in [-0.3, -0.25) is 0 Å². The third kappa shape index (κ3) is 5.33. The zero-order valence-electron chi connectivity index (χ0n) is 14.1. The summed E-state index contributed by atoms with van der Waals surface area (Å²) < 4.78 is 0. The number of anilines is 1. The molecule has 0 aromatic heterocycles. The standard InChI is InChI=1S/C21H25NS/c1-5-6-7-10-18-14-13-17(4)21(15-18)23-20-12-9-8-11-19(20)22-16(2)3/h5,8-9,11-15,22H,1-2,6-7,10H2,3-4H3. The van der Waals surface area contributed by atoms with Crippen molar-refractivity contribution < 1.29 is 0 Å². The second kappa shape index (κ2) is 8.64. The van der Waals surface area contributed by atoms with Gasteiger partial charge in [-0.25, -0.2) is 0 Å². The number of benzene rings is 2. The van der Waals surface area contributed by atoms with Gasteiger partial charge in [0, 0.05) is 15.5 Å². The number of aryl methyl sites for hydroxylation is 2. The van der Waals surface area contributed by atoms with Crippen LogP contribution in [-0.4, -0.2) is 0 Å². The highest BCUT2D eigenvalue weighted by molar-refractivity contribution is 7.99. The van der Waals surface area contributed by atoms with Crippen LogP contribution in [0.5, 0.6) is 0 Å². The van der Waals surface area contributed by atoms with Gasteiger partial charge >= 0.3 is 0 Å². The van der Waals surface area contributed by atoms with E-state index in [0.29, 0.717) is 0 Å². The third-order valence-electron chi connectivity index (χ3n) is 3.58. The first-order valence-corrected chi connectivity index (χ1v) is 8.81. The molecule has 0 spiro atoms. The number of rotatable bonds is 8. The van der Waals surface area contributed by atoms with Gasteiger partial charge in [0.15, 0.2) is 0 Å². The molecule has 120 valence electrons. The second-order valence-electron chi connectivity index (χ2n) is 5.78. The van der Waals surface area contributed by atoms with Gasteiger partial charge in [0.05, 0.1) is 5.69 Å². The number of unbranched alkanes of at least 4 members (excludes halogenated alkanes) is 1. The van der Waals surface area contributed by atoms with Crippen molar-refractivity contribution in [2.45, 2.75) is 42.9 Å². The van der Waals surface area contributed by atoms with E-state index in [1.807, 2.05) is 30.8 Å². The Balaban J connectivity index is 2.20. The van der Waals surface area contributed by atoms with E-state index in [1.54, 1.807) is 0 Å². The van der Waals surface area contributed by atoms with Crippen LogP contribution in [0.4, 0.5) is 5.69 Å². The average molecular weight is 324 g/mol. The van der Waals surface area contributed by atoms with Crippen molar-refractivity contribution in [2.24, 2.45) is 0 Å². The molecule has 2 aromatic carbocycles. The lowest BCUT2D eigenvalue weighted by Crippen LogP contribution is -1.95. The van der Waals surface area contributed by atoms with Gasteiger partial charge in [-0.1, -0.05) is 48.7 Å². The minimum Gasteiger partial charge on any atom is -0.359 e. The van der Waals surface area contributed by atoms with Crippen molar-refractivity contribution in [1.82, 2.24) is 0 Å². The van der Waals surface area contributed by atoms with Crippen LogP contribution >= 0.6 is 11.8 Å². The van der Waals surface area contributed by atoms with Crippen LogP contribution < -0.4 is 5.32 Å². The van der Waals surface area contributed by atoms with E-state index in [1.165, 1.54) is 20.9 Å². The molecule has 0 bridgehead atoms. The third-order valence-corrected chi connectivity index (χ3v) is 4.82. The van der Waals surface area contributed by atoms with E-state index in [2.05, 4.69) is 61.8 Å². The SMILES string of the molecule is C=CCCCc1ccc(C)c(Sc2ccccc2NC(=C)C)c1. The molecular weight excluding hydrogens is 298 g/mol. The first-order valence-electron chi connectivity index (χ1n) is 8.00. The first-order chi connectivity index (χ1) is 11.1. The normalized spacial score (nSPS) is 10.3. The summed E-state index contributed by atoms with van der Waals surface area (Å²) in [4.78, 5) is 2.54. The maximum Gasteiger partial charge on any atom is 0.0523 e. The predicted molar refractivity (Wildman–Crippen MR) is 103 cm³/mol. The number of hydrogen-bond acceptors (Lipinski definition) is 2. The zero-order valence-corrected chi connectivity index (χ0v) is 14.9. The summed E-state index contributed by atoms with van der Waals surface area (Å²) in [7, 11) is 0. The molecule has 0 radical (unpaired) electrons. The predicted octanol–water partition coefficient (Wildman–Crippen LogP) is 6.60. The van der Waals surface area contributed by atoms with Gasteiger partial charge in [0.1, 0.15) is 0 Å². The Morgan fingerprint density at radius 1 is 1.17 bits per heavy atom. The molecule has 0 saturated carbocycles. The lowest BCUT2D eigenvalue weighted by Gasteiger charge is -2.13. The summed E-state index contributed by atoms with van der Waals surface area (Å²) in [6.45, 7) is 11.9. The number of para-hydroxylation sites is 1. The van der Waals surface area contributed by atoms with Crippen molar-refractivity contribution in [3.8, 4) is 0 Å². The minimum absolute atomic E-state index is 0.952. The summed E-state index contributed by atoms with van der Waals surface area (Å²) in [5.41, 5.74) is 4.77. The highest BCUT2D eigenvalue weighted by Crippen LogP contribution is 2.36. The Morgan fingerprint density at radius 3 is 2.70 bits per heavy atom. The molecule has 1 N–H and O–H groups in total. The van der Waals surface area contributed by atoms with Gasteiger partial charge < -0.3 is 5.32 Å². The molecule has 0 unspecified atom stereocenters. The molecule has 0 atom stereocenters. The van der Waals surface area contributed by atoms with Crippen LogP contribution in [0, 0.1) is 6.92 Å². The van der Waals surface area contributed by atoms with E-state index in [0.717, 1.165) is 30.6 Å². The Morgan fingerprint density at radius 2 is 1.96 bits per heavy atom. The first kappa shape index (κ1) is 17.4. The van der Waals surface area contributed by atoms with Crippen molar-refractivity contribution in [1.29, 1.82) is 0 Å². The largest absolute Gasteiger partial charge is 0.359 e. The smallest absolute Gasteiger partial charge is 0.0523 e. The minimum atomic E-state index is 0.952. The molecule has 0 saturated heterocycles. The summed E-state index contributed by atoms with van der Waals surface area (Å²) in [5, 5.41) is 3.34. The van der Waals surface area contributed by atoms with Gasteiger partial charge in [-0.15, -0.1) is 6.58 Å². The van der Waals surface area contributed by atoms with Crippen molar-refractivity contribution in [2.75, 3.05) is 5.32 Å². The van der Waals surface area contributed by atoms with Crippen molar-refractivity contribution in [3.05, 3.63) is 78.5 Å². The maximum absolute atomic E-state index is 3.94. The topological polar surface area (TPSA) is 12.0 Å². The number of allylic oxidation sites excluding steroid dienone is 2. The van der Waals surface area contributed by atoms with Crippen LogP contribution in [0.3, 0.4) is 0 Å². The molecule has 2 heteroatoms. The highest BCUT2D eigenvalue weighted by atomic mass is 32.2. The van der Waals surface area contributed by atoms with Gasteiger partial charge in [0.25, 0.3) is 0 Å². The van der Waals surface area contributed by atoms with Gasteiger partial charge in [-0.2, -0.15) is 0 Å². The summed E-state index contributed by atoms with van der Waals surface area (Å²) in [6, 6.07) is 15.2. The lowest BCUT2D eigenvalue weighted by atomic mass is 10.1. The summed E-state index contributed by atoms with van der Waals surface area (Å²) in [5.74, 6) is 0. The van der Waals surface area contributed by atoms with Crippen molar-refractivity contribution >= 4 is 17.4 Å². The van der Waals surface area contributed by atoms with Crippen LogP contribution in [0.25, 0.3) is 0 Å². The average Bonchev–Trinajstić information content (AvgIpc) is 2.52. The van der Waals surface area contributed by atoms with E-state index >= 15 is 0 Å².